The number of aromatic nitrogens is 2. The summed E-state index contributed by atoms with van der Waals surface area (Å²) in [6.45, 7) is 0. The number of halogens is 1. The van der Waals surface area contributed by atoms with Crippen LogP contribution in [-0.4, -0.2) is 25.0 Å². The van der Waals surface area contributed by atoms with Crippen molar-refractivity contribution in [1.82, 2.24) is 14.3 Å². The maximum atomic E-state index is 14.5. The number of nitrogens with zero attached hydrogens (tertiary/aromatic N) is 2. The molecule has 0 saturated carbocycles. The third-order valence-electron chi connectivity index (χ3n) is 4.70. The third kappa shape index (κ3) is 2.55. The number of benzene rings is 1. The van der Waals surface area contributed by atoms with Crippen LogP contribution in [-0.2, 0) is 16.4 Å². The van der Waals surface area contributed by atoms with Crippen LogP contribution in [0.3, 0.4) is 0 Å². The normalized spacial score (nSPS) is 17.4. The van der Waals surface area contributed by atoms with Crippen LogP contribution in [0.15, 0.2) is 44.6 Å². The first-order chi connectivity index (χ1) is 12.4. The van der Waals surface area contributed by atoms with E-state index in [9.17, 15) is 17.6 Å². The van der Waals surface area contributed by atoms with Crippen molar-refractivity contribution in [2.75, 3.05) is 7.05 Å². The van der Waals surface area contributed by atoms with Crippen LogP contribution in [0.4, 0.5) is 4.39 Å². The molecule has 136 valence electrons. The molecule has 26 heavy (non-hydrogen) atoms. The number of oxazole rings is 1. The number of nitrogens with one attached hydrogen (secondary N) is 1. The second-order valence-electron chi connectivity index (χ2n) is 6.15. The van der Waals surface area contributed by atoms with Gasteiger partial charge in [-0.2, -0.15) is 0 Å². The molecule has 1 aliphatic carbocycles. The number of hydrogen-bond acceptors (Lipinski definition) is 5. The zero-order valence-electron chi connectivity index (χ0n) is 13.9. The minimum Gasteiger partial charge on any atom is -0.408 e. The molecule has 1 unspecified atom stereocenters. The largest absolute Gasteiger partial charge is 0.420 e. The van der Waals surface area contributed by atoms with E-state index >= 15 is 0 Å². The van der Waals surface area contributed by atoms with Crippen LogP contribution in [0.5, 0.6) is 0 Å². The molecule has 1 N–H and O–H groups in total. The summed E-state index contributed by atoms with van der Waals surface area (Å²) in [4.78, 5) is 16.3. The van der Waals surface area contributed by atoms with Crippen molar-refractivity contribution in [1.29, 1.82) is 0 Å². The summed E-state index contributed by atoms with van der Waals surface area (Å²) >= 11 is 0. The monoisotopic (exact) mass is 377 g/mol. The Morgan fingerprint density at radius 2 is 2.19 bits per heavy atom. The van der Waals surface area contributed by atoms with Gasteiger partial charge < -0.3 is 4.42 Å². The predicted octanol–water partition coefficient (Wildman–Crippen LogP) is 1.96. The maximum Gasteiger partial charge on any atom is 0.420 e. The molecule has 7 nitrogen and oxygen atoms in total. The number of rotatable bonds is 3. The molecule has 0 fully saturated rings. The van der Waals surface area contributed by atoms with Crippen LogP contribution in [0.1, 0.15) is 30.1 Å². The highest BCUT2D eigenvalue weighted by molar-refractivity contribution is 7.89. The van der Waals surface area contributed by atoms with E-state index in [1.807, 2.05) is 12.1 Å². The Morgan fingerprint density at radius 1 is 1.38 bits per heavy atom. The SMILES string of the molecule is CNS(=O)(=O)c1cc2oc(=O)n(C3CCCc4cccnc43)c2cc1F. The Bertz CT molecular complexity index is 1170. The Hall–Kier alpha value is -2.52. The van der Waals surface area contributed by atoms with Crippen LogP contribution in [0, 0.1) is 5.82 Å². The molecule has 1 atom stereocenters. The Kier molecular flexibility index (Phi) is 3.92. The molecule has 3 aromatic rings. The molecule has 4 rings (SSSR count). The molecule has 0 radical (unpaired) electrons. The molecule has 0 saturated heterocycles. The van der Waals surface area contributed by atoms with Gasteiger partial charge in [-0.05, 0) is 37.9 Å². The average Bonchev–Trinajstić information content (AvgIpc) is 2.95. The molecule has 2 heterocycles. The topological polar surface area (TPSA) is 94.2 Å². The van der Waals surface area contributed by atoms with Crippen molar-refractivity contribution in [2.45, 2.75) is 30.2 Å². The molecule has 1 aromatic carbocycles. The molecule has 0 bridgehead atoms. The second-order valence-corrected chi connectivity index (χ2v) is 8.01. The number of pyridine rings is 1. The smallest absolute Gasteiger partial charge is 0.408 e. The van der Waals surface area contributed by atoms with Gasteiger partial charge in [0.15, 0.2) is 5.58 Å². The number of sulfonamides is 1. The van der Waals surface area contributed by atoms with E-state index < -0.39 is 26.5 Å². The summed E-state index contributed by atoms with van der Waals surface area (Å²) in [5.74, 6) is -1.61. The van der Waals surface area contributed by atoms with Crippen LogP contribution < -0.4 is 10.5 Å². The van der Waals surface area contributed by atoms with E-state index in [0.717, 1.165) is 36.2 Å². The van der Waals surface area contributed by atoms with E-state index in [0.29, 0.717) is 6.42 Å². The van der Waals surface area contributed by atoms with Gasteiger partial charge in [-0.25, -0.2) is 22.3 Å². The van der Waals surface area contributed by atoms with E-state index in [1.165, 1.54) is 11.6 Å². The molecular formula is C17H16FN3O4S. The zero-order valence-corrected chi connectivity index (χ0v) is 14.7. The molecule has 0 amide bonds. The lowest BCUT2D eigenvalue weighted by molar-refractivity contribution is 0.429. The maximum absolute atomic E-state index is 14.5. The highest BCUT2D eigenvalue weighted by atomic mass is 32.2. The van der Waals surface area contributed by atoms with Crippen molar-refractivity contribution in [3.8, 4) is 0 Å². The Labute approximate surface area is 148 Å². The molecular weight excluding hydrogens is 361 g/mol. The van der Waals surface area contributed by atoms with E-state index in [1.54, 1.807) is 6.20 Å². The minimum absolute atomic E-state index is 0.0216. The van der Waals surface area contributed by atoms with Crippen LogP contribution >= 0.6 is 0 Å². The first-order valence-corrected chi connectivity index (χ1v) is 9.62. The van der Waals surface area contributed by atoms with Gasteiger partial charge in [-0.3, -0.25) is 9.55 Å². The lowest BCUT2D eigenvalue weighted by Crippen LogP contribution is -2.26. The summed E-state index contributed by atoms with van der Waals surface area (Å²) in [7, 11) is -2.82. The van der Waals surface area contributed by atoms with Gasteiger partial charge in [0.2, 0.25) is 10.0 Å². The van der Waals surface area contributed by atoms with Gasteiger partial charge in [-0.1, -0.05) is 6.07 Å². The zero-order chi connectivity index (χ0) is 18.5. The van der Waals surface area contributed by atoms with Crippen molar-refractivity contribution in [2.24, 2.45) is 0 Å². The van der Waals surface area contributed by atoms with Crippen LogP contribution in [0.2, 0.25) is 0 Å². The summed E-state index contributed by atoms with van der Waals surface area (Å²) in [5, 5.41) is 0. The highest BCUT2D eigenvalue weighted by Crippen LogP contribution is 2.33. The van der Waals surface area contributed by atoms with Gasteiger partial charge in [-0.15, -0.1) is 0 Å². The third-order valence-corrected chi connectivity index (χ3v) is 6.13. The Morgan fingerprint density at radius 3 is 2.96 bits per heavy atom. The number of hydrogen-bond donors (Lipinski definition) is 1. The average molecular weight is 377 g/mol. The molecule has 2 aromatic heterocycles. The predicted molar refractivity (Wildman–Crippen MR) is 92.0 cm³/mol. The van der Waals surface area contributed by atoms with E-state index in [2.05, 4.69) is 9.71 Å². The quantitative estimate of drug-likeness (QED) is 0.753. The molecule has 0 spiro atoms. The summed E-state index contributed by atoms with van der Waals surface area (Å²) in [5.41, 5.74) is 2.04. The van der Waals surface area contributed by atoms with Gasteiger partial charge in [0, 0.05) is 18.3 Å². The first-order valence-electron chi connectivity index (χ1n) is 8.14. The van der Waals surface area contributed by atoms with Crippen molar-refractivity contribution < 1.29 is 17.2 Å². The summed E-state index contributed by atoms with van der Waals surface area (Å²) in [6, 6.07) is 5.49. The van der Waals surface area contributed by atoms with Crippen molar-refractivity contribution in [3.63, 3.8) is 0 Å². The fourth-order valence-corrected chi connectivity index (χ4v) is 4.28. The summed E-state index contributed by atoms with van der Waals surface area (Å²) < 4.78 is 47.0. The highest BCUT2D eigenvalue weighted by Gasteiger charge is 2.28. The van der Waals surface area contributed by atoms with Crippen LogP contribution in [0.25, 0.3) is 11.1 Å². The number of aryl methyl sites for hydroxylation is 1. The lowest BCUT2D eigenvalue weighted by atomic mass is 9.91. The molecule has 9 heteroatoms. The fraction of sp³-hybridized carbons (Fsp3) is 0.294. The van der Waals surface area contributed by atoms with Crippen molar-refractivity contribution >= 4 is 21.1 Å². The Balaban J connectivity index is 1.95. The van der Waals surface area contributed by atoms with Crippen molar-refractivity contribution in [3.05, 3.63) is 58.1 Å². The second kappa shape index (κ2) is 6.03. The standard InChI is InChI=1S/C17H16FN3O4S/c1-19-26(23,24)15-9-14-13(8-11(15)18)21(17(22)25-14)12-6-2-4-10-5-3-7-20-16(10)12/h3,5,7-9,12,19H,2,4,6H2,1H3. The lowest BCUT2D eigenvalue weighted by Gasteiger charge is -2.24. The van der Waals surface area contributed by atoms with Gasteiger partial charge in [0.05, 0.1) is 17.3 Å². The molecule has 1 aliphatic rings. The summed E-state index contributed by atoms with van der Waals surface area (Å²) in [6.07, 6.45) is 4.04. The molecule has 0 aliphatic heterocycles. The minimum atomic E-state index is -4.01. The van der Waals surface area contributed by atoms with Gasteiger partial charge >= 0.3 is 5.76 Å². The number of fused-ring (bicyclic) bond motifs is 2. The van der Waals surface area contributed by atoms with E-state index in [-0.39, 0.29) is 17.1 Å². The first kappa shape index (κ1) is 16.9. The van der Waals surface area contributed by atoms with E-state index in [4.69, 9.17) is 4.42 Å². The fourth-order valence-electron chi connectivity index (χ4n) is 3.48. The van der Waals surface area contributed by atoms with Gasteiger partial charge in [0.1, 0.15) is 10.7 Å². The van der Waals surface area contributed by atoms with Gasteiger partial charge in [0.25, 0.3) is 0 Å².